The van der Waals surface area contributed by atoms with Crippen LogP contribution in [0.5, 0.6) is 5.88 Å². The number of hydrogen-bond donors (Lipinski definition) is 2. The fourth-order valence-electron chi connectivity index (χ4n) is 2.97. The highest BCUT2D eigenvalue weighted by Gasteiger charge is 2.23. The Morgan fingerprint density at radius 2 is 1.73 bits per heavy atom. The molecule has 0 fully saturated rings. The van der Waals surface area contributed by atoms with Crippen molar-refractivity contribution in [3.8, 4) is 5.88 Å². The van der Waals surface area contributed by atoms with Crippen molar-refractivity contribution in [3.05, 3.63) is 92.1 Å². The Labute approximate surface area is 148 Å². The van der Waals surface area contributed by atoms with E-state index in [-0.39, 0.29) is 11.4 Å². The zero-order valence-electron chi connectivity index (χ0n) is 13.9. The van der Waals surface area contributed by atoms with Crippen LogP contribution in [0.3, 0.4) is 0 Å². The van der Waals surface area contributed by atoms with Crippen molar-refractivity contribution in [3.63, 3.8) is 0 Å². The molecule has 0 bridgehead atoms. The summed E-state index contributed by atoms with van der Waals surface area (Å²) in [6.45, 7) is 0. The maximum atomic E-state index is 12.2. The molecule has 2 N–H and O–H groups in total. The van der Waals surface area contributed by atoms with Gasteiger partial charge in [0.05, 0.1) is 11.4 Å². The molecule has 1 aliphatic heterocycles. The predicted molar refractivity (Wildman–Crippen MR) is 101 cm³/mol. The number of para-hydroxylation sites is 1. The number of H-pyrrole nitrogens is 1. The van der Waals surface area contributed by atoms with E-state index >= 15 is 0 Å². The molecule has 2 aromatic carbocycles. The van der Waals surface area contributed by atoms with Gasteiger partial charge in [-0.1, -0.05) is 48.5 Å². The Balaban J connectivity index is 1.98. The molecule has 1 aliphatic rings. The number of benzene rings is 2. The summed E-state index contributed by atoms with van der Waals surface area (Å²) in [5.41, 5.74) is 2.68. The molecule has 2 heterocycles. The Kier molecular flexibility index (Phi) is 3.65. The van der Waals surface area contributed by atoms with E-state index in [0.717, 1.165) is 21.4 Å². The number of rotatable bonds is 2. The van der Waals surface area contributed by atoms with Gasteiger partial charge in [-0.05, 0) is 12.1 Å². The number of fused-ring (bicyclic) bond motifs is 1. The van der Waals surface area contributed by atoms with Crippen LogP contribution in [0.2, 0.25) is 0 Å². The molecule has 0 aliphatic carbocycles. The van der Waals surface area contributed by atoms with Gasteiger partial charge in [0.1, 0.15) is 5.56 Å². The van der Waals surface area contributed by atoms with E-state index in [1.807, 2.05) is 54.6 Å². The van der Waals surface area contributed by atoms with Gasteiger partial charge in [-0.3, -0.25) is 14.3 Å². The molecule has 3 aromatic rings. The number of aromatic amines is 1. The van der Waals surface area contributed by atoms with Gasteiger partial charge < -0.3 is 5.11 Å². The van der Waals surface area contributed by atoms with Crippen LogP contribution in [0, 0.1) is 0 Å². The second kappa shape index (κ2) is 6.00. The summed E-state index contributed by atoms with van der Waals surface area (Å²) in [7, 11) is 1.39. The summed E-state index contributed by atoms with van der Waals surface area (Å²) < 4.78 is 0.994. The SMILES string of the molecule is Cn1c(O)c(C=C2C(c3ccccc3)=Nc3ccccc32)c(=O)[nH]c1=O. The van der Waals surface area contributed by atoms with Crippen molar-refractivity contribution in [2.24, 2.45) is 12.0 Å². The molecule has 1 aromatic heterocycles. The van der Waals surface area contributed by atoms with E-state index in [1.165, 1.54) is 7.05 Å². The minimum Gasteiger partial charge on any atom is -0.494 e. The molecule has 0 saturated heterocycles. The lowest BCUT2D eigenvalue weighted by Crippen LogP contribution is -2.29. The maximum Gasteiger partial charge on any atom is 0.330 e. The smallest absolute Gasteiger partial charge is 0.330 e. The summed E-state index contributed by atoms with van der Waals surface area (Å²) in [6, 6.07) is 17.2. The summed E-state index contributed by atoms with van der Waals surface area (Å²) in [4.78, 5) is 30.8. The molecule has 4 rings (SSSR count). The van der Waals surface area contributed by atoms with Crippen LogP contribution in [0.1, 0.15) is 16.7 Å². The highest BCUT2D eigenvalue weighted by atomic mass is 16.3. The normalized spacial score (nSPS) is 14.3. The Hall–Kier alpha value is -3.67. The fourth-order valence-corrected chi connectivity index (χ4v) is 2.97. The first kappa shape index (κ1) is 15.8. The molecule has 128 valence electrons. The fraction of sp³-hybridized carbons (Fsp3) is 0.0500. The van der Waals surface area contributed by atoms with Crippen LogP contribution in [0.25, 0.3) is 11.6 Å². The van der Waals surface area contributed by atoms with Crippen LogP contribution in [-0.4, -0.2) is 20.4 Å². The van der Waals surface area contributed by atoms with Gasteiger partial charge in [0, 0.05) is 23.7 Å². The molecule has 0 spiro atoms. The molecule has 0 amide bonds. The lowest BCUT2D eigenvalue weighted by atomic mass is 9.96. The zero-order valence-corrected chi connectivity index (χ0v) is 13.9. The van der Waals surface area contributed by atoms with Gasteiger partial charge in [0.2, 0.25) is 5.88 Å². The van der Waals surface area contributed by atoms with Crippen LogP contribution in [-0.2, 0) is 7.05 Å². The molecule has 6 nitrogen and oxygen atoms in total. The molecule has 0 unspecified atom stereocenters. The van der Waals surface area contributed by atoms with Gasteiger partial charge in [-0.2, -0.15) is 0 Å². The van der Waals surface area contributed by atoms with Crippen LogP contribution in [0.15, 0.2) is 69.2 Å². The molecule has 0 saturated carbocycles. The summed E-state index contributed by atoms with van der Waals surface area (Å²) >= 11 is 0. The number of nitrogens with one attached hydrogen (secondary N) is 1. The second-order valence-corrected chi connectivity index (χ2v) is 5.96. The number of nitrogens with zero attached hydrogens (tertiary/aromatic N) is 2. The standard InChI is InChI=1S/C20H15N3O3/c1-23-19(25)15(18(24)22-20(23)26)11-14-13-9-5-6-10-16(13)21-17(14)12-7-3-2-4-8-12/h2-11,25H,1H3,(H,22,24,26). The largest absolute Gasteiger partial charge is 0.494 e. The van der Waals surface area contributed by atoms with E-state index in [1.54, 1.807) is 6.08 Å². The first-order chi connectivity index (χ1) is 12.6. The van der Waals surface area contributed by atoms with E-state index in [9.17, 15) is 14.7 Å². The molecular formula is C20H15N3O3. The quantitative estimate of drug-likeness (QED) is 0.748. The number of aromatic hydroxyl groups is 1. The zero-order chi connectivity index (χ0) is 18.3. The van der Waals surface area contributed by atoms with Crippen molar-refractivity contribution in [2.45, 2.75) is 0 Å². The summed E-state index contributed by atoms with van der Waals surface area (Å²) in [5.74, 6) is -0.386. The van der Waals surface area contributed by atoms with E-state index in [0.29, 0.717) is 11.3 Å². The lowest BCUT2D eigenvalue weighted by molar-refractivity contribution is 0.416. The first-order valence-electron chi connectivity index (χ1n) is 8.04. The molecule has 0 radical (unpaired) electrons. The van der Waals surface area contributed by atoms with E-state index in [2.05, 4.69) is 9.98 Å². The Morgan fingerprint density at radius 3 is 2.50 bits per heavy atom. The topological polar surface area (TPSA) is 87.4 Å². The van der Waals surface area contributed by atoms with Crippen molar-refractivity contribution >= 4 is 23.0 Å². The highest BCUT2D eigenvalue weighted by molar-refractivity contribution is 6.39. The van der Waals surface area contributed by atoms with Gasteiger partial charge in [0.15, 0.2) is 0 Å². The number of aromatic nitrogens is 2. The first-order valence-corrected chi connectivity index (χ1v) is 8.04. The Bertz CT molecular complexity index is 1180. The third kappa shape index (κ3) is 2.48. The van der Waals surface area contributed by atoms with Crippen LogP contribution >= 0.6 is 0 Å². The van der Waals surface area contributed by atoms with Crippen molar-refractivity contribution in [2.75, 3.05) is 0 Å². The van der Waals surface area contributed by atoms with Gasteiger partial charge >= 0.3 is 5.69 Å². The van der Waals surface area contributed by atoms with Crippen molar-refractivity contribution in [1.82, 2.24) is 9.55 Å². The summed E-state index contributed by atoms with van der Waals surface area (Å²) in [6.07, 6.45) is 1.57. The van der Waals surface area contributed by atoms with Crippen molar-refractivity contribution < 1.29 is 5.11 Å². The minimum atomic E-state index is -0.668. The molecule has 6 heteroatoms. The third-order valence-electron chi connectivity index (χ3n) is 4.35. The second-order valence-electron chi connectivity index (χ2n) is 5.96. The lowest BCUT2D eigenvalue weighted by Gasteiger charge is -2.08. The maximum absolute atomic E-state index is 12.2. The third-order valence-corrected chi connectivity index (χ3v) is 4.35. The molecular weight excluding hydrogens is 330 g/mol. The van der Waals surface area contributed by atoms with Crippen molar-refractivity contribution in [1.29, 1.82) is 0 Å². The number of allylic oxidation sites excluding steroid dienone is 1. The number of hydrogen-bond acceptors (Lipinski definition) is 4. The van der Waals surface area contributed by atoms with E-state index < -0.39 is 11.2 Å². The average Bonchev–Trinajstić information content (AvgIpc) is 3.03. The van der Waals surface area contributed by atoms with Gasteiger partial charge in [-0.15, -0.1) is 0 Å². The van der Waals surface area contributed by atoms with Gasteiger partial charge in [-0.25, -0.2) is 9.79 Å². The van der Waals surface area contributed by atoms with Gasteiger partial charge in [0.25, 0.3) is 5.56 Å². The summed E-state index contributed by atoms with van der Waals surface area (Å²) in [5, 5.41) is 10.3. The Morgan fingerprint density at radius 1 is 1.04 bits per heavy atom. The van der Waals surface area contributed by atoms with Crippen LogP contribution in [0.4, 0.5) is 5.69 Å². The molecule has 26 heavy (non-hydrogen) atoms. The monoisotopic (exact) mass is 345 g/mol. The highest BCUT2D eigenvalue weighted by Crippen LogP contribution is 2.38. The number of aliphatic imine (C=N–C) groups is 1. The minimum absolute atomic E-state index is 0.0161. The predicted octanol–water partition coefficient (Wildman–Crippen LogP) is 2.45. The molecule has 0 atom stereocenters. The average molecular weight is 345 g/mol. The van der Waals surface area contributed by atoms with E-state index in [4.69, 9.17) is 0 Å². The van der Waals surface area contributed by atoms with Crippen LogP contribution < -0.4 is 11.2 Å².